The SMILES string of the molecule is CN(C)c1ccc(N=Nc2cc[n+](C)n2C)cc1.COc1cc(N(C)C)ccc1N=NC1=[N+](C)C=N[NH+]1C.C[n+]1ccsc1N=Nc1ccc(N)cc1.Cc1cc(N=Nc2ccc(N(C)C)cc2)[n+](C)n1C.Cn1cc[n+](C)c1N=Nc1ccc(NCCC#N)cc1. The topological polar surface area (TPSA) is 255 Å². The molecule has 0 amide bonds. The van der Waals surface area contributed by atoms with E-state index in [1.807, 2.05) is 312 Å². The molecule has 1 aliphatic rings. The molecule has 27 nitrogen and oxygen atoms in total. The van der Waals surface area contributed by atoms with Crippen molar-refractivity contribution in [1.82, 2.24) is 13.9 Å². The van der Waals surface area contributed by atoms with Gasteiger partial charge in [0.25, 0.3) is 6.34 Å². The van der Waals surface area contributed by atoms with Gasteiger partial charge in [-0.3, -0.25) is 0 Å². The molecule has 0 bridgehead atoms. The third-order valence-corrected chi connectivity index (χ3v) is 14.7. The van der Waals surface area contributed by atoms with Gasteiger partial charge in [-0.1, -0.05) is 15.2 Å². The summed E-state index contributed by atoms with van der Waals surface area (Å²) in [6.07, 6.45) is 9.96. The number of nitrogens with zero attached hydrogens (tertiary/aromatic N) is 23. The van der Waals surface area contributed by atoms with Crippen molar-refractivity contribution in [1.29, 1.82) is 5.26 Å². The van der Waals surface area contributed by atoms with Crippen LogP contribution in [0, 0.1) is 18.3 Å². The van der Waals surface area contributed by atoms with Crippen molar-refractivity contribution < 1.29 is 32.8 Å². The van der Waals surface area contributed by atoms with E-state index < -0.39 is 0 Å². The van der Waals surface area contributed by atoms with Gasteiger partial charge in [-0.05, 0) is 138 Å². The highest BCUT2D eigenvalue weighted by atomic mass is 32.1. The van der Waals surface area contributed by atoms with Crippen molar-refractivity contribution >= 4 is 103 Å². The van der Waals surface area contributed by atoms with Crippen LogP contribution in [0.25, 0.3) is 0 Å². The van der Waals surface area contributed by atoms with Gasteiger partial charge in [0.1, 0.15) is 48.8 Å². The van der Waals surface area contributed by atoms with E-state index in [0.717, 1.165) is 90.6 Å². The molecule has 478 valence electrons. The normalized spacial score (nSPS) is 12.5. The summed E-state index contributed by atoms with van der Waals surface area (Å²) in [6.45, 7) is 2.70. The summed E-state index contributed by atoms with van der Waals surface area (Å²) in [4.78, 5) is 6.12. The number of aryl methyl sites for hydroxylation is 5. The van der Waals surface area contributed by atoms with Crippen molar-refractivity contribution in [3.63, 3.8) is 0 Å². The number of anilines is 5. The summed E-state index contributed by atoms with van der Waals surface area (Å²) in [5, 5.41) is 61.7. The molecule has 9 aromatic rings. The highest BCUT2D eigenvalue weighted by Crippen LogP contribution is 2.32. The molecule has 5 aromatic carbocycles. The Bertz CT molecular complexity index is 4050. The van der Waals surface area contributed by atoms with Crippen LogP contribution in [0.5, 0.6) is 5.75 Å². The number of imidazole rings is 1. The van der Waals surface area contributed by atoms with E-state index in [2.05, 4.69) is 77.4 Å². The molecule has 5 heterocycles. The third-order valence-electron chi connectivity index (χ3n) is 13.9. The van der Waals surface area contributed by atoms with Crippen LogP contribution in [0.3, 0.4) is 0 Å². The van der Waals surface area contributed by atoms with Gasteiger partial charge in [0, 0.05) is 101 Å². The van der Waals surface area contributed by atoms with Crippen LogP contribution in [-0.4, -0.2) is 101 Å². The molecule has 1 unspecified atom stereocenters. The zero-order valence-electron chi connectivity index (χ0n) is 55.7. The molecule has 28 heteroatoms. The fourth-order valence-electron chi connectivity index (χ4n) is 7.96. The number of quaternary nitrogens is 1. The first-order valence-corrected chi connectivity index (χ1v) is 29.9. The zero-order valence-corrected chi connectivity index (χ0v) is 56.5. The standard InChI is InChI=1S/C14H16N6.C14H20N5.C13H19N6O.C13H18N5.C10H10N4S/c1-19-10-11-20(2)14(19)18-17-13-6-4-12(5-7-13)16-9-3-8-15;1-11-10-14(19(5)18(11)4)16-15-12-6-8-13(9-7-12)17(2)3;1-17(2)10-6-7-11(12(8-10)20-5)15-16-13-18(3)9-14-19(13)4;1-16(2)12-7-5-11(6-8-12)14-15-13-9-10-17(3)18(13)4;1-14-6-7-15-10(14)13-12-9-4-2-8(11)3-5-9/h4-7,10-11H,3,9H2,1-2H3;6-10H,1-5H3;6-9H,1-5H3;5-10H,1-4H3;2-7,11H,1H3/q;3*+1;/p+3. The molecule has 4 aromatic heterocycles. The van der Waals surface area contributed by atoms with Crippen molar-refractivity contribution in [2.45, 2.75) is 13.3 Å². The van der Waals surface area contributed by atoms with Crippen LogP contribution in [0.2, 0.25) is 0 Å². The largest absolute Gasteiger partial charge is 0.496 e. The highest BCUT2D eigenvalue weighted by molar-refractivity contribution is 7.12. The number of azo groups is 5. The molecule has 1 aliphatic heterocycles. The van der Waals surface area contributed by atoms with Crippen LogP contribution in [0.15, 0.2) is 214 Å². The molecule has 4 N–H and O–H groups in total. The van der Waals surface area contributed by atoms with E-state index in [-0.39, 0.29) is 0 Å². The lowest BCUT2D eigenvalue weighted by atomic mass is 10.2. The van der Waals surface area contributed by atoms with Crippen LogP contribution in [-0.2, 0) is 49.3 Å². The number of guanidine groups is 1. The first kappa shape index (κ1) is 70.0. The lowest BCUT2D eigenvalue weighted by Crippen LogP contribution is -3.06. The van der Waals surface area contributed by atoms with Gasteiger partial charge in [0.2, 0.25) is 5.82 Å². The summed E-state index contributed by atoms with van der Waals surface area (Å²) >= 11 is 1.55. The number of hydrogen-bond acceptors (Lipinski definition) is 19. The number of methoxy groups -OCH3 is 1. The summed E-state index contributed by atoms with van der Waals surface area (Å²) in [6, 6.07) is 42.7. The molecule has 10 rings (SSSR count). The monoisotopic (exact) mass is 1270 g/mol. The molecule has 0 radical (unpaired) electrons. The Morgan fingerprint density at radius 2 is 1.18 bits per heavy atom. The van der Waals surface area contributed by atoms with Crippen molar-refractivity contribution in [2.24, 2.45) is 106 Å². The lowest BCUT2D eigenvalue weighted by molar-refractivity contribution is -0.798. The van der Waals surface area contributed by atoms with Crippen molar-refractivity contribution in [3.8, 4) is 11.8 Å². The molecule has 0 spiro atoms. The van der Waals surface area contributed by atoms with Crippen molar-refractivity contribution in [3.05, 3.63) is 163 Å². The second-order valence-electron chi connectivity index (χ2n) is 21.4. The lowest BCUT2D eigenvalue weighted by Gasteiger charge is -2.13. The Labute approximate surface area is 542 Å². The Morgan fingerprint density at radius 3 is 1.66 bits per heavy atom. The summed E-state index contributed by atoms with van der Waals surface area (Å²) in [5.74, 6) is 3.88. The molecular weight excluding hydrogens is 1180 g/mol. The predicted octanol–water partition coefficient (Wildman–Crippen LogP) is 10.4. The van der Waals surface area contributed by atoms with E-state index >= 15 is 0 Å². The molecule has 0 saturated heterocycles. The van der Waals surface area contributed by atoms with E-state index in [1.54, 1.807) is 24.8 Å². The Hall–Kier alpha value is -11.1. The van der Waals surface area contributed by atoms with E-state index in [4.69, 9.17) is 15.7 Å². The second-order valence-corrected chi connectivity index (χ2v) is 22.3. The maximum Gasteiger partial charge on any atom is 0.496 e. The Morgan fingerprint density at radius 1 is 0.630 bits per heavy atom. The van der Waals surface area contributed by atoms with Gasteiger partial charge in [-0.25, -0.2) is 18.4 Å². The molecular formula is C64H86N26OS+6. The summed E-state index contributed by atoms with van der Waals surface area (Å²) in [5.41, 5.74) is 15.8. The van der Waals surface area contributed by atoms with Crippen LogP contribution in [0.1, 0.15) is 12.1 Å². The highest BCUT2D eigenvalue weighted by Gasteiger charge is 2.28. The average molecular weight is 1270 g/mol. The average Bonchev–Trinajstić information content (AvgIpc) is 1.72. The Balaban J connectivity index is 0.000000183. The number of aromatic nitrogens is 7. The summed E-state index contributed by atoms with van der Waals surface area (Å²) < 4.78 is 20.8. The number of benzene rings is 5. The number of nitriles is 1. The zero-order chi connectivity index (χ0) is 66.9. The van der Waals surface area contributed by atoms with Gasteiger partial charge < -0.3 is 30.5 Å². The minimum Gasteiger partial charge on any atom is -0.494 e. The van der Waals surface area contributed by atoms with Gasteiger partial charge in [0.05, 0.1) is 111 Å². The maximum atomic E-state index is 8.47. The summed E-state index contributed by atoms with van der Waals surface area (Å²) in [7, 11) is 31.1. The van der Waals surface area contributed by atoms with Crippen molar-refractivity contribution in [2.75, 3.05) is 95.8 Å². The van der Waals surface area contributed by atoms with Gasteiger partial charge in [-0.2, -0.15) is 14.5 Å². The minimum atomic E-state index is 0.492. The van der Waals surface area contributed by atoms with E-state index in [9.17, 15) is 0 Å². The predicted molar refractivity (Wildman–Crippen MR) is 363 cm³/mol. The number of rotatable bonds is 16. The van der Waals surface area contributed by atoms with Crippen LogP contribution in [0.4, 0.5) is 79.6 Å². The van der Waals surface area contributed by atoms with Gasteiger partial charge in [-0.15, -0.1) is 19.6 Å². The fourth-order valence-corrected chi connectivity index (χ4v) is 8.64. The fraction of sp³-hybridized carbons (Fsp3) is 0.297. The minimum absolute atomic E-state index is 0.492. The number of nitrogens with one attached hydrogen (secondary N) is 2. The van der Waals surface area contributed by atoms with Crippen LogP contribution < -0.4 is 54.0 Å². The molecule has 1 atom stereocenters. The first-order valence-electron chi connectivity index (χ1n) is 29.1. The smallest absolute Gasteiger partial charge is 0.494 e. The maximum absolute atomic E-state index is 8.47. The number of nitrogen functional groups attached to an aromatic ring is 1. The number of hydrogen-bond donors (Lipinski definition) is 3. The Kier molecular flexibility index (Phi) is 26.4. The molecule has 0 fully saturated rings. The van der Waals surface area contributed by atoms with E-state index in [0.29, 0.717) is 24.4 Å². The molecule has 0 aliphatic carbocycles. The second kappa shape index (κ2) is 34.6. The third kappa shape index (κ3) is 21.1. The van der Waals surface area contributed by atoms with Gasteiger partial charge >= 0.3 is 22.9 Å². The number of thiazole rings is 1. The number of ether oxygens (including phenoxy) is 1. The molecule has 92 heavy (non-hydrogen) atoms. The van der Waals surface area contributed by atoms with E-state index in [1.165, 1.54) is 0 Å². The molecule has 0 saturated carbocycles. The quantitative estimate of drug-likeness (QED) is 0.0365. The first-order chi connectivity index (χ1) is 44.0. The van der Waals surface area contributed by atoms with Crippen LogP contribution >= 0.6 is 11.3 Å². The van der Waals surface area contributed by atoms with Gasteiger partial charge in [0.15, 0.2) is 13.2 Å². The number of nitrogens with two attached hydrogens (primary N) is 1.